The Hall–Kier alpha value is -3.32. The molecule has 7 heteroatoms. The maximum atomic E-state index is 13.6. The first kappa shape index (κ1) is 25.3. The molecule has 0 heterocycles. The average molecular weight is 481 g/mol. The van der Waals surface area contributed by atoms with E-state index >= 15 is 0 Å². The van der Waals surface area contributed by atoms with Crippen molar-refractivity contribution < 1.29 is 17.9 Å². The summed E-state index contributed by atoms with van der Waals surface area (Å²) in [7, 11) is -2.36. The Morgan fingerprint density at radius 3 is 2.03 bits per heavy atom. The van der Waals surface area contributed by atoms with Gasteiger partial charge in [0.1, 0.15) is 12.3 Å². The molecule has 0 aliphatic rings. The second-order valence-electron chi connectivity index (χ2n) is 8.47. The normalized spacial score (nSPS) is 12.1. The molecule has 0 radical (unpaired) electrons. The molecule has 3 aromatic carbocycles. The summed E-state index contributed by atoms with van der Waals surface area (Å²) in [6, 6.07) is 19.4. The largest absolute Gasteiger partial charge is 0.497 e. The lowest BCUT2D eigenvalue weighted by Crippen LogP contribution is -2.42. The molecule has 180 valence electrons. The van der Waals surface area contributed by atoms with Crippen molar-refractivity contribution >= 4 is 21.6 Å². The highest BCUT2D eigenvalue weighted by Gasteiger charge is 2.28. The molecule has 3 rings (SSSR count). The predicted molar refractivity (Wildman–Crippen MR) is 136 cm³/mol. The SMILES string of the molecule is CC[C@@H](NC(=O)CN(c1cc(C)cc(C)c1)S(=O)(=O)c1ccc(C)cc1)c1ccc(OC)cc1. The van der Waals surface area contributed by atoms with Gasteiger partial charge in [-0.1, -0.05) is 42.8 Å². The van der Waals surface area contributed by atoms with E-state index in [-0.39, 0.29) is 23.4 Å². The van der Waals surface area contributed by atoms with E-state index in [1.807, 2.05) is 58.0 Å². The fourth-order valence-corrected chi connectivity index (χ4v) is 5.28. The third-order valence-electron chi connectivity index (χ3n) is 5.65. The van der Waals surface area contributed by atoms with Gasteiger partial charge in [0.2, 0.25) is 5.91 Å². The topological polar surface area (TPSA) is 75.7 Å². The molecule has 1 amide bonds. The van der Waals surface area contributed by atoms with Crippen molar-refractivity contribution in [3.8, 4) is 5.75 Å². The van der Waals surface area contributed by atoms with Crippen molar-refractivity contribution in [2.24, 2.45) is 0 Å². The Morgan fingerprint density at radius 2 is 1.50 bits per heavy atom. The van der Waals surface area contributed by atoms with Crippen LogP contribution in [0.4, 0.5) is 5.69 Å². The molecule has 1 N–H and O–H groups in total. The molecule has 1 atom stereocenters. The van der Waals surface area contributed by atoms with Gasteiger partial charge in [-0.3, -0.25) is 9.10 Å². The van der Waals surface area contributed by atoms with E-state index in [1.165, 1.54) is 4.31 Å². The van der Waals surface area contributed by atoms with Gasteiger partial charge in [-0.2, -0.15) is 0 Å². The van der Waals surface area contributed by atoms with Crippen molar-refractivity contribution in [1.29, 1.82) is 0 Å². The summed E-state index contributed by atoms with van der Waals surface area (Å²) >= 11 is 0. The molecule has 0 aliphatic heterocycles. The standard InChI is InChI=1S/C27H32N2O4S/c1-6-26(22-9-11-24(33-5)12-10-22)28-27(30)18-29(23-16-20(3)15-21(4)17-23)34(31,32)25-13-7-19(2)8-14-25/h7-17,26H,6,18H2,1-5H3,(H,28,30)/t26-/m1/s1. The molecule has 0 fully saturated rings. The zero-order chi connectivity index (χ0) is 24.9. The highest BCUT2D eigenvalue weighted by molar-refractivity contribution is 7.92. The van der Waals surface area contributed by atoms with Gasteiger partial charge in [0.05, 0.1) is 23.7 Å². The number of hydrogen-bond donors (Lipinski definition) is 1. The van der Waals surface area contributed by atoms with Crippen LogP contribution in [-0.4, -0.2) is 28.0 Å². The van der Waals surface area contributed by atoms with Crippen LogP contribution in [0.1, 0.15) is 41.6 Å². The molecule has 0 saturated heterocycles. The van der Waals surface area contributed by atoms with Crippen molar-refractivity contribution in [3.05, 3.63) is 89.0 Å². The van der Waals surface area contributed by atoms with Gasteiger partial charge in [-0.05, 0) is 80.3 Å². The third kappa shape index (κ3) is 5.97. The highest BCUT2D eigenvalue weighted by Crippen LogP contribution is 2.27. The minimum absolute atomic E-state index is 0.146. The van der Waals surface area contributed by atoms with Crippen LogP contribution in [-0.2, 0) is 14.8 Å². The Balaban J connectivity index is 1.92. The summed E-state index contributed by atoms with van der Waals surface area (Å²) in [6.07, 6.45) is 0.659. The Bertz CT molecular complexity index is 1220. The molecule has 0 aliphatic carbocycles. The van der Waals surface area contributed by atoms with E-state index in [9.17, 15) is 13.2 Å². The molecular weight excluding hydrogens is 448 g/mol. The molecule has 6 nitrogen and oxygen atoms in total. The zero-order valence-corrected chi connectivity index (χ0v) is 21.1. The molecule has 3 aromatic rings. The zero-order valence-electron chi connectivity index (χ0n) is 20.3. The first-order valence-corrected chi connectivity index (χ1v) is 12.7. The second-order valence-corrected chi connectivity index (χ2v) is 10.3. The molecule has 0 unspecified atom stereocenters. The number of ether oxygens (including phenoxy) is 1. The summed E-state index contributed by atoms with van der Waals surface area (Å²) in [5.74, 6) is 0.354. The lowest BCUT2D eigenvalue weighted by atomic mass is 10.0. The van der Waals surface area contributed by atoms with E-state index in [4.69, 9.17) is 4.74 Å². The van der Waals surface area contributed by atoms with E-state index < -0.39 is 10.0 Å². The van der Waals surface area contributed by atoms with Gasteiger partial charge in [0, 0.05) is 0 Å². The summed E-state index contributed by atoms with van der Waals surface area (Å²) < 4.78 is 33.7. The molecule has 0 saturated carbocycles. The lowest BCUT2D eigenvalue weighted by Gasteiger charge is -2.26. The number of carbonyl (C=O) groups excluding carboxylic acids is 1. The predicted octanol–water partition coefficient (Wildman–Crippen LogP) is 5.08. The molecule has 34 heavy (non-hydrogen) atoms. The summed E-state index contributed by atoms with van der Waals surface area (Å²) in [6.45, 7) is 7.36. The minimum atomic E-state index is -3.96. The van der Waals surface area contributed by atoms with Gasteiger partial charge >= 0.3 is 0 Å². The van der Waals surface area contributed by atoms with Crippen molar-refractivity contribution in [2.75, 3.05) is 18.0 Å². The van der Waals surface area contributed by atoms with Crippen LogP contribution in [0.5, 0.6) is 5.75 Å². The fourth-order valence-electron chi connectivity index (χ4n) is 3.87. The van der Waals surface area contributed by atoms with Crippen molar-refractivity contribution in [3.63, 3.8) is 0 Å². The van der Waals surface area contributed by atoms with Crippen molar-refractivity contribution in [2.45, 2.75) is 45.1 Å². The maximum Gasteiger partial charge on any atom is 0.264 e. The number of methoxy groups -OCH3 is 1. The van der Waals surface area contributed by atoms with Crippen LogP contribution in [0, 0.1) is 20.8 Å². The number of benzene rings is 3. The number of hydrogen-bond acceptors (Lipinski definition) is 4. The number of sulfonamides is 1. The molecular formula is C27H32N2O4S. The Kier molecular flexibility index (Phi) is 7.99. The third-order valence-corrected chi connectivity index (χ3v) is 7.44. The number of rotatable bonds is 9. The smallest absolute Gasteiger partial charge is 0.264 e. The summed E-state index contributed by atoms with van der Waals surface area (Å²) in [5.41, 5.74) is 4.19. The van der Waals surface area contributed by atoms with Gasteiger partial charge in [0.15, 0.2) is 0 Å². The van der Waals surface area contributed by atoms with E-state index in [0.717, 1.165) is 28.0 Å². The van der Waals surface area contributed by atoms with Crippen LogP contribution < -0.4 is 14.4 Å². The van der Waals surface area contributed by atoms with Crippen molar-refractivity contribution in [1.82, 2.24) is 5.32 Å². The second kappa shape index (κ2) is 10.7. The van der Waals surface area contributed by atoms with E-state index in [0.29, 0.717) is 12.1 Å². The number of nitrogens with one attached hydrogen (secondary N) is 1. The summed E-state index contributed by atoms with van der Waals surface area (Å²) in [4.78, 5) is 13.3. The number of carbonyl (C=O) groups is 1. The van der Waals surface area contributed by atoms with Crippen LogP contribution >= 0.6 is 0 Å². The Labute approximate surface area is 202 Å². The Morgan fingerprint density at radius 1 is 0.912 bits per heavy atom. The van der Waals surface area contributed by atoms with Crippen LogP contribution in [0.3, 0.4) is 0 Å². The lowest BCUT2D eigenvalue weighted by molar-refractivity contribution is -0.120. The maximum absolute atomic E-state index is 13.6. The monoisotopic (exact) mass is 480 g/mol. The molecule has 0 bridgehead atoms. The van der Waals surface area contributed by atoms with Crippen LogP contribution in [0.15, 0.2) is 71.6 Å². The number of aryl methyl sites for hydroxylation is 3. The van der Waals surface area contributed by atoms with Gasteiger partial charge < -0.3 is 10.1 Å². The summed E-state index contributed by atoms with van der Waals surface area (Å²) in [5, 5.41) is 3.00. The first-order chi connectivity index (χ1) is 16.1. The molecule has 0 spiro atoms. The van der Waals surface area contributed by atoms with Gasteiger partial charge in [0.25, 0.3) is 10.0 Å². The number of amides is 1. The van der Waals surface area contributed by atoms with E-state index in [1.54, 1.807) is 43.5 Å². The minimum Gasteiger partial charge on any atom is -0.497 e. The van der Waals surface area contributed by atoms with Crippen LogP contribution in [0.25, 0.3) is 0 Å². The quantitative estimate of drug-likeness (QED) is 0.463. The van der Waals surface area contributed by atoms with E-state index in [2.05, 4.69) is 5.32 Å². The van der Waals surface area contributed by atoms with Gasteiger partial charge in [-0.25, -0.2) is 8.42 Å². The number of nitrogens with zero attached hydrogens (tertiary/aromatic N) is 1. The average Bonchev–Trinajstić information content (AvgIpc) is 2.80. The van der Waals surface area contributed by atoms with Crippen LogP contribution in [0.2, 0.25) is 0 Å². The van der Waals surface area contributed by atoms with Gasteiger partial charge in [-0.15, -0.1) is 0 Å². The number of anilines is 1. The highest BCUT2D eigenvalue weighted by atomic mass is 32.2. The molecule has 0 aromatic heterocycles. The fraction of sp³-hybridized carbons (Fsp3) is 0.296. The first-order valence-electron chi connectivity index (χ1n) is 11.2.